The molecule has 3 aromatic rings. The molecule has 0 aliphatic heterocycles. The van der Waals surface area contributed by atoms with Gasteiger partial charge in [-0.1, -0.05) is 23.4 Å². The van der Waals surface area contributed by atoms with E-state index in [2.05, 4.69) is 37.5 Å². The Bertz CT molecular complexity index is 738. The van der Waals surface area contributed by atoms with Crippen molar-refractivity contribution in [3.05, 3.63) is 45.7 Å². The van der Waals surface area contributed by atoms with E-state index in [9.17, 15) is 0 Å². The van der Waals surface area contributed by atoms with Crippen molar-refractivity contribution < 1.29 is 4.52 Å². The molecule has 0 radical (unpaired) electrons. The first kappa shape index (κ1) is 14.4. The highest BCUT2D eigenvalue weighted by Crippen LogP contribution is 2.30. The molecule has 2 aromatic heterocycles. The summed E-state index contributed by atoms with van der Waals surface area (Å²) < 4.78 is 6.48. The third-order valence-corrected chi connectivity index (χ3v) is 4.79. The molecule has 108 valence electrons. The lowest BCUT2D eigenvalue weighted by atomic mass is 10.0. The van der Waals surface area contributed by atoms with Crippen LogP contribution < -0.4 is 5.32 Å². The highest BCUT2D eigenvalue weighted by molar-refractivity contribution is 9.10. The largest absolute Gasteiger partial charge is 0.334 e. The van der Waals surface area contributed by atoms with Gasteiger partial charge >= 0.3 is 0 Å². The number of thiophene rings is 1. The Kier molecular flexibility index (Phi) is 4.48. The Labute approximate surface area is 135 Å². The molecule has 0 bridgehead atoms. The molecule has 0 aliphatic rings. The van der Waals surface area contributed by atoms with Gasteiger partial charge in [-0.25, -0.2) is 0 Å². The highest BCUT2D eigenvalue weighted by atomic mass is 79.9. The van der Waals surface area contributed by atoms with E-state index in [1.165, 1.54) is 5.56 Å². The summed E-state index contributed by atoms with van der Waals surface area (Å²) in [5.41, 5.74) is 2.21. The number of nitrogens with zero attached hydrogens (tertiary/aromatic N) is 2. The molecule has 0 amide bonds. The van der Waals surface area contributed by atoms with E-state index in [-0.39, 0.29) is 0 Å². The summed E-state index contributed by atoms with van der Waals surface area (Å²) in [5.74, 6) is 1.20. The second-order valence-electron chi connectivity index (χ2n) is 4.56. The fraction of sp³-hybridized carbons (Fsp3) is 0.200. The van der Waals surface area contributed by atoms with Crippen LogP contribution in [0.3, 0.4) is 0 Å². The molecule has 1 N–H and O–H groups in total. The number of aromatic nitrogens is 2. The van der Waals surface area contributed by atoms with E-state index >= 15 is 0 Å². The summed E-state index contributed by atoms with van der Waals surface area (Å²) in [6, 6.07) is 10.1. The van der Waals surface area contributed by atoms with E-state index in [4.69, 9.17) is 4.52 Å². The van der Waals surface area contributed by atoms with E-state index in [0.29, 0.717) is 11.7 Å². The lowest BCUT2D eigenvalue weighted by Gasteiger charge is -2.04. The summed E-state index contributed by atoms with van der Waals surface area (Å²) >= 11 is 5.03. The minimum atomic E-state index is 0.571. The zero-order chi connectivity index (χ0) is 14.7. The molecule has 0 unspecified atom stereocenters. The number of rotatable bonds is 5. The van der Waals surface area contributed by atoms with Crippen molar-refractivity contribution >= 4 is 27.3 Å². The zero-order valence-electron chi connectivity index (χ0n) is 11.5. The van der Waals surface area contributed by atoms with Gasteiger partial charge in [0.1, 0.15) is 0 Å². The molecule has 0 fully saturated rings. The molecule has 0 saturated carbocycles. The van der Waals surface area contributed by atoms with Gasteiger partial charge in [0.15, 0.2) is 0 Å². The van der Waals surface area contributed by atoms with Crippen LogP contribution in [0.4, 0.5) is 0 Å². The van der Waals surface area contributed by atoms with Gasteiger partial charge in [0.25, 0.3) is 5.89 Å². The third-order valence-electron chi connectivity index (χ3n) is 3.11. The summed E-state index contributed by atoms with van der Waals surface area (Å²) in [5, 5.41) is 9.25. The lowest BCUT2D eigenvalue weighted by Crippen LogP contribution is -2.10. The van der Waals surface area contributed by atoms with Crippen LogP contribution in [0.15, 0.2) is 44.7 Å². The van der Waals surface area contributed by atoms with Crippen molar-refractivity contribution in [2.24, 2.45) is 0 Å². The normalized spacial score (nSPS) is 11.0. The smallest absolute Gasteiger partial charge is 0.258 e. The molecule has 4 nitrogen and oxygen atoms in total. The highest BCUT2D eigenvalue weighted by Gasteiger charge is 2.14. The standard InChI is InChI=1S/C15H14BrN3OS/c1-17-7-6-10-4-2-3-5-12(10)15-18-14(19-20-15)13-8-11(16)9-21-13/h2-5,8-9,17H,6-7H2,1H3. The minimum absolute atomic E-state index is 0.571. The molecule has 2 heterocycles. The maximum absolute atomic E-state index is 5.44. The number of hydrogen-bond donors (Lipinski definition) is 1. The first-order valence-electron chi connectivity index (χ1n) is 6.59. The van der Waals surface area contributed by atoms with Crippen LogP contribution >= 0.6 is 27.3 Å². The van der Waals surface area contributed by atoms with Gasteiger partial charge in [0, 0.05) is 15.4 Å². The van der Waals surface area contributed by atoms with E-state index < -0.39 is 0 Å². The van der Waals surface area contributed by atoms with E-state index in [1.807, 2.05) is 36.7 Å². The number of hydrogen-bond acceptors (Lipinski definition) is 5. The number of nitrogens with one attached hydrogen (secondary N) is 1. The quantitative estimate of drug-likeness (QED) is 0.744. The second kappa shape index (κ2) is 6.51. The SMILES string of the molecule is CNCCc1ccccc1-c1nc(-c2cc(Br)cs2)no1. The van der Waals surface area contributed by atoms with Crippen molar-refractivity contribution in [1.82, 2.24) is 15.5 Å². The number of halogens is 1. The average molecular weight is 364 g/mol. The molecular weight excluding hydrogens is 350 g/mol. The second-order valence-corrected chi connectivity index (χ2v) is 6.39. The van der Waals surface area contributed by atoms with Gasteiger partial charge in [-0.2, -0.15) is 4.98 Å². The average Bonchev–Trinajstić information content (AvgIpc) is 3.14. The minimum Gasteiger partial charge on any atom is -0.334 e. The zero-order valence-corrected chi connectivity index (χ0v) is 13.9. The first-order chi connectivity index (χ1) is 10.3. The van der Waals surface area contributed by atoms with Gasteiger partial charge < -0.3 is 9.84 Å². The molecule has 1 aromatic carbocycles. The topological polar surface area (TPSA) is 51.0 Å². The van der Waals surface area contributed by atoms with Crippen molar-refractivity contribution in [2.75, 3.05) is 13.6 Å². The molecule has 3 rings (SSSR count). The van der Waals surface area contributed by atoms with Gasteiger partial charge in [0.05, 0.1) is 4.88 Å². The molecule has 0 atom stereocenters. The molecule has 0 aliphatic carbocycles. The maximum Gasteiger partial charge on any atom is 0.258 e. The Morgan fingerprint density at radius 3 is 2.95 bits per heavy atom. The van der Waals surface area contributed by atoms with Crippen LogP contribution in [0.2, 0.25) is 0 Å². The predicted octanol–water partition coefficient (Wildman–Crippen LogP) is 3.99. The lowest BCUT2D eigenvalue weighted by molar-refractivity contribution is 0.432. The van der Waals surface area contributed by atoms with Gasteiger partial charge in [0.2, 0.25) is 5.82 Å². The van der Waals surface area contributed by atoms with Crippen molar-refractivity contribution in [1.29, 1.82) is 0 Å². The fourth-order valence-corrected chi connectivity index (χ4v) is 3.42. The Hall–Kier alpha value is -1.50. The molecule has 0 spiro atoms. The van der Waals surface area contributed by atoms with Gasteiger partial charge in [-0.05, 0) is 53.6 Å². The van der Waals surface area contributed by atoms with E-state index in [0.717, 1.165) is 27.9 Å². The Balaban J connectivity index is 1.93. The van der Waals surface area contributed by atoms with Crippen LogP contribution in [-0.2, 0) is 6.42 Å². The molecule has 6 heteroatoms. The summed E-state index contributed by atoms with van der Waals surface area (Å²) in [4.78, 5) is 5.51. The van der Waals surface area contributed by atoms with E-state index in [1.54, 1.807) is 11.3 Å². The van der Waals surface area contributed by atoms with Crippen LogP contribution in [0.25, 0.3) is 22.2 Å². The Morgan fingerprint density at radius 2 is 2.19 bits per heavy atom. The van der Waals surface area contributed by atoms with Crippen LogP contribution in [0.5, 0.6) is 0 Å². The fourth-order valence-electron chi connectivity index (χ4n) is 2.07. The van der Waals surface area contributed by atoms with Gasteiger partial charge in [-0.15, -0.1) is 11.3 Å². The predicted molar refractivity (Wildman–Crippen MR) is 88.4 cm³/mol. The van der Waals surface area contributed by atoms with Crippen molar-refractivity contribution in [3.8, 4) is 22.2 Å². The summed E-state index contributed by atoms with van der Waals surface area (Å²) in [6.07, 6.45) is 0.926. The van der Waals surface area contributed by atoms with Crippen molar-refractivity contribution in [3.63, 3.8) is 0 Å². The number of likely N-dealkylation sites (N-methyl/N-ethyl adjacent to an activating group) is 1. The summed E-state index contributed by atoms with van der Waals surface area (Å²) in [7, 11) is 1.95. The monoisotopic (exact) mass is 363 g/mol. The van der Waals surface area contributed by atoms with Crippen LogP contribution in [0, 0.1) is 0 Å². The molecular formula is C15H14BrN3OS. The summed E-state index contributed by atoms with van der Waals surface area (Å²) in [6.45, 7) is 0.913. The third kappa shape index (κ3) is 3.23. The molecule has 0 saturated heterocycles. The first-order valence-corrected chi connectivity index (χ1v) is 8.26. The van der Waals surface area contributed by atoms with Crippen LogP contribution in [-0.4, -0.2) is 23.7 Å². The van der Waals surface area contributed by atoms with Gasteiger partial charge in [-0.3, -0.25) is 0 Å². The number of benzene rings is 1. The Morgan fingerprint density at radius 1 is 1.33 bits per heavy atom. The molecule has 21 heavy (non-hydrogen) atoms. The van der Waals surface area contributed by atoms with Crippen LogP contribution in [0.1, 0.15) is 5.56 Å². The maximum atomic E-state index is 5.44. The van der Waals surface area contributed by atoms with Crippen molar-refractivity contribution in [2.45, 2.75) is 6.42 Å².